The van der Waals surface area contributed by atoms with Gasteiger partial charge in [-0.3, -0.25) is 9.69 Å². The normalized spacial score (nSPS) is 28.9. The van der Waals surface area contributed by atoms with E-state index in [1.807, 2.05) is 12.1 Å². The van der Waals surface area contributed by atoms with Crippen molar-refractivity contribution in [2.75, 3.05) is 13.1 Å². The second-order valence-corrected chi connectivity index (χ2v) is 11.5. The van der Waals surface area contributed by atoms with Crippen LogP contribution in [0.25, 0.3) is 0 Å². The standard InChI is InChI=1S/C15H15ClIN3OS3/c16-15-18-7-11(24-15)23-10-2-1-9(22-10)14(21)19-12-8-3-5-20(6-4-8)13(12)17/h1-2,7-8,12-13H,3-6H2,(H,19,21)/t12-,13?/m1/s1. The fourth-order valence-corrected chi connectivity index (χ4v) is 8.02. The van der Waals surface area contributed by atoms with Crippen LogP contribution in [0.2, 0.25) is 4.47 Å². The van der Waals surface area contributed by atoms with Crippen LogP contribution in [0.15, 0.2) is 26.7 Å². The highest BCUT2D eigenvalue weighted by Crippen LogP contribution is 2.38. The van der Waals surface area contributed by atoms with E-state index in [-0.39, 0.29) is 11.9 Å². The van der Waals surface area contributed by atoms with Crippen molar-refractivity contribution in [3.8, 4) is 0 Å². The summed E-state index contributed by atoms with van der Waals surface area (Å²) in [4.78, 5) is 19.9. The minimum atomic E-state index is 0.0506. The molecule has 3 aliphatic heterocycles. The number of carbonyl (C=O) groups excluding carboxylic acids is 1. The molecule has 4 nitrogen and oxygen atoms in total. The van der Waals surface area contributed by atoms with E-state index in [0.717, 1.165) is 13.3 Å². The van der Waals surface area contributed by atoms with Crippen LogP contribution in [0.3, 0.4) is 0 Å². The number of nitrogens with one attached hydrogen (secondary N) is 1. The SMILES string of the molecule is O=C(N[C@@H]1C2CCN(CC2)C1I)c1ccc(Sc2cnc(Cl)s2)s1. The van der Waals surface area contributed by atoms with Gasteiger partial charge in [0.05, 0.1) is 29.6 Å². The summed E-state index contributed by atoms with van der Waals surface area (Å²) in [6, 6.07) is 4.17. The summed E-state index contributed by atoms with van der Waals surface area (Å²) in [5.74, 6) is 0.670. The first-order chi connectivity index (χ1) is 11.6. The maximum absolute atomic E-state index is 12.6. The predicted octanol–water partition coefficient (Wildman–Crippen LogP) is 4.59. The summed E-state index contributed by atoms with van der Waals surface area (Å²) >= 11 is 12.9. The first-order valence-corrected chi connectivity index (χ1v) is 11.8. The van der Waals surface area contributed by atoms with Gasteiger partial charge in [-0.05, 0) is 44.0 Å². The molecule has 5 heterocycles. The first kappa shape index (κ1) is 17.5. The van der Waals surface area contributed by atoms with Gasteiger partial charge >= 0.3 is 0 Å². The average molecular weight is 512 g/mol. The lowest BCUT2D eigenvalue weighted by molar-refractivity contribution is 0.0555. The molecule has 1 amide bonds. The number of nitrogens with zero attached hydrogens (tertiary/aromatic N) is 2. The maximum atomic E-state index is 12.6. The predicted molar refractivity (Wildman–Crippen MR) is 109 cm³/mol. The Morgan fingerprint density at radius 3 is 2.79 bits per heavy atom. The van der Waals surface area contributed by atoms with E-state index in [4.69, 9.17) is 11.6 Å². The minimum absolute atomic E-state index is 0.0506. The molecule has 0 spiro atoms. The molecule has 1 unspecified atom stereocenters. The van der Waals surface area contributed by atoms with Gasteiger partial charge in [0.1, 0.15) is 0 Å². The minimum Gasteiger partial charge on any atom is -0.346 e. The van der Waals surface area contributed by atoms with Gasteiger partial charge in [-0.15, -0.1) is 11.3 Å². The van der Waals surface area contributed by atoms with E-state index in [2.05, 4.69) is 37.8 Å². The molecule has 2 aromatic rings. The van der Waals surface area contributed by atoms with Crippen molar-refractivity contribution >= 4 is 74.5 Å². The molecule has 128 valence electrons. The Hall–Kier alpha value is 0.130. The molecule has 2 bridgehead atoms. The molecule has 3 aliphatic rings. The molecule has 2 aromatic heterocycles. The van der Waals surface area contributed by atoms with Gasteiger partial charge in [0, 0.05) is 0 Å². The van der Waals surface area contributed by atoms with E-state index in [1.54, 1.807) is 18.0 Å². The molecular formula is C15H15ClIN3OS3. The van der Waals surface area contributed by atoms with Crippen LogP contribution >= 0.6 is 68.6 Å². The number of amides is 1. The molecule has 9 heteroatoms. The molecule has 5 rings (SSSR count). The van der Waals surface area contributed by atoms with Gasteiger partial charge in [-0.2, -0.15) is 0 Å². The molecule has 0 radical (unpaired) electrons. The fourth-order valence-electron chi connectivity index (χ4n) is 3.27. The van der Waals surface area contributed by atoms with Gasteiger partial charge < -0.3 is 5.32 Å². The highest BCUT2D eigenvalue weighted by atomic mass is 127. The van der Waals surface area contributed by atoms with E-state index in [0.29, 0.717) is 14.4 Å². The van der Waals surface area contributed by atoms with Crippen LogP contribution in [0.4, 0.5) is 0 Å². The van der Waals surface area contributed by atoms with Crippen LogP contribution < -0.4 is 5.32 Å². The molecule has 0 aliphatic carbocycles. The Labute approximate surface area is 171 Å². The highest BCUT2D eigenvalue weighted by Gasteiger charge is 2.41. The monoisotopic (exact) mass is 511 g/mol. The molecule has 0 saturated carbocycles. The number of hydrogen-bond donors (Lipinski definition) is 1. The molecule has 0 aromatic carbocycles. The third-order valence-electron chi connectivity index (χ3n) is 4.49. The van der Waals surface area contributed by atoms with E-state index in [9.17, 15) is 4.79 Å². The number of thiazole rings is 1. The lowest BCUT2D eigenvalue weighted by atomic mass is 9.84. The number of aromatic nitrogens is 1. The van der Waals surface area contributed by atoms with Crippen molar-refractivity contribution in [2.45, 2.75) is 31.4 Å². The summed E-state index contributed by atoms with van der Waals surface area (Å²) < 4.78 is 3.08. The Morgan fingerprint density at radius 1 is 1.33 bits per heavy atom. The van der Waals surface area contributed by atoms with E-state index in [1.165, 1.54) is 48.6 Å². The quantitative estimate of drug-likeness (QED) is 0.370. The second kappa shape index (κ2) is 7.40. The molecule has 3 saturated heterocycles. The topological polar surface area (TPSA) is 45.2 Å². The number of halogens is 2. The Kier molecular flexibility index (Phi) is 5.41. The number of alkyl halides is 1. The number of hydrogen-bond acceptors (Lipinski definition) is 6. The van der Waals surface area contributed by atoms with Crippen molar-refractivity contribution in [1.82, 2.24) is 15.2 Å². The number of carbonyl (C=O) groups is 1. The van der Waals surface area contributed by atoms with Gasteiger partial charge in [-0.25, -0.2) is 4.98 Å². The van der Waals surface area contributed by atoms with Crippen molar-refractivity contribution in [3.05, 3.63) is 27.7 Å². The number of rotatable bonds is 4. The van der Waals surface area contributed by atoms with Crippen molar-refractivity contribution < 1.29 is 4.79 Å². The van der Waals surface area contributed by atoms with Crippen LogP contribution in [0, 0.1) is 5.92 Å². The Bertz CT molecular complexity index is 742. The molecule has 24 heavy (non-hydrogen) atoms. The lowest BCUT2D eigenvalue weighted by Crippen LogP contribution is -2.61. The van der Waals surface area contributed by atoms with Gasteiger partial charge in [0.25, 0.3) is 5.91 Å². The number of thiophene rings is 1. The molecule has 1 N–H and O–H groups in total. The van der Waals surface area contributed by atoms with Gasteiger partial charge in [0.2, 0.25) is 0 Å². The highest BCUT2D eigenvalue weighted by molar-refractivity contribution is 14.1. The summed E-state index contributed by atoms with van der Waals surface area (Å²) in [7, 11) is 0. The largest absolute Gasteiger partial charge is 0.346 e. The number of piperidine rings is 3. The summed E-state index contributed by atoms with van der Waals surface area (Å²) in [5.41, 5.74) is 0. The van der Waals surface area contributed by atoms with E-state index >= 15 is 0 Å². The van der Waals surface area contributed by atoms with Gasteiger partial charge in [-0.1, -0.05) is 57.3 Å². The van der Waals surface area contributed by atoms with Crippen molar-refractivity contribution in [3.63, 3.8) is 0 Å². The second-order valence-electron chi connectivity index (χ2n) is 5.90. The zero-order chi connectivity index (χ0) is 16.7. The van der Waals surface area contributed by atoms with Crippen LogP contribution in [0.1, 0.15) is 22.5 Å². The van der Waals surface area contributed by atoms with Crippen molar-refractivity contribution in [2.24, 2.45) is 5.92 Å². The van der Waals surface area contributed by atoms with Crippen LogP contribution in [-0.2, 0) is 0 Å². The average Bonchev–Trinajstić information content (AvgIpc) is 3.21. The van der Waals surface area contributed by atoms with E-state index < -0.39 is 0 Å². The third-order valence-corrected chi connectivity index (χ3v) is 9.48. The fraction of sp³-hybridized carbons (Fsp3) is 0.467. The first-order valence-electron chi connectivity index (χ1n) is 7.68. The number of fused-ring (bicyclic) bond motifs is 3. The smallest absolute Gasteiger partial charge is 0.261 e. The third kappa shape index (κ3) is 3.64. The molecular weight excluding hydrogens is 497 g/mol. The Balaban J connectivity index is 1.41. The van der Waals surface area contributed by atoms with Crippen LogP contribution in [-0.4, -0.2) is 39.0 Å². The summed E-state index contributed by atoms with van der Waals surface area (Å²) in [5, 5.41) is 3.28. The molecule has 3 fully saturated rings. The maximum Gasteiger partial charge on any atom is 0.261 e. The molecule has 2 atom stereocenters. The zero-order valence-electron chi connectivity index (χ0n) is 12.6. The zero-order valence-corrected chi connectivity index (χ0v) is 17.9. The summed E-state index contributed by atoms with van der Waals surface area (Å²) in [6.45, 7) is 2.34. The lowest BCUT2D eigenvalue weighted by Gasteiger charge is -2.48. The Morgan fingerprint density at radius 2 is 2.12 bits per heavy atom. The van der Waals surface area contributed by atoms with Crippen molar-refractivity contribution in [1.29, 1.82) is 0 Å². The van der Waals surface area contributed by atoms with Crippen LogP contribution in [0.5, 0.6) is 0 Å². The van der Waals surface area contributed by atoms with Gasteiger partial charge in [0.15, 0.2) is 4.47 Å². The summed E-state index contributed by atoms with van der Waals surface area (Å²) in [6.07, 6.45) is 4.16.